The standard InChI is InChI=1S/2C45H60N3O2/c2*1-7-37-19-23-40(24-20-37)34-47(3,4)32-9-8-14-44(49)42-27-29-43(30-28-42)45(50)46-31-11-33-48(5,6)35-41-25-21-39(22-26-41)13-10-12-38-17-15-36(2)16-18-38/h2*15-30H,7-14,31-35H2,1-6H3/q2*+1/p+2. The average molecular weight is 1350 g/mol. The van der Waals surface area contributed by atoms with Gasteiger partial charge in [0.2, 0.25) is 0 Å². The summed E-state index contributed by atoms with van der Waals surface area (Å²) in [5, 5.41) is 6.14. The molecule has 8 aromatic carbocycles. The Kier molecular flexibility index (Phi) is 31.5. The number of hydrogen-bond donors (Lipinski definition) is 2. The van der Waals surface area contributed by atoms with E-state index in [9.17, 15) is 19.2 Å². The zero-order chi connectivity index (χ0) is 72.0. The second-order valence-electron chi connectivity index (χ2n) is 31.1. The van der Waals surface area contributed by atoms with Crippen LogP contribution in [0.2, 0.25) is 0 Å². The Bertz CT molecular complexity index is 3490. The quantitative estimate of drug-likeness (QED) is 0.0227. The smallest absolute Gasteiger partial charge is 0.251 e. The average Bonchev–Trinajstić information content (AvgIpc) is 0.977. The number of aryl methyl sites for hydroxylation is 8. The minimum absolute atomic E-state index is 0.0865. The molecule has 0 unspecified atom stereocenters. The van der Waals surface area contributed by atoms with E-state index in [4.69, 9.17) is 0 Å². The van der Waals surface area contributed by atoms with E-state index in [0.29, 0.717) is 48.2 Å². The van der Waals surface area contributed by atoms with Gasteiger partial charge in [0.15, 0.2) is 11.6 Å². The Labute approximate surface area is 603 Å². The molecule has 0 fully saturated rings. The Morgan fingerprint density at radius 2 is 0.500 bits per heavy atom. The summed E-state index contributed by atoms with van der Waals surface area (Å²) >= 11 is 0. The summed E-state index contributed by atoms with van der Waals surface area (Å²) in [6.45, 7) is 17.8. The molecule has 8 rings (SSSR count). The lowest BCUT2D eigenvalue weighted by Crippen LogP contribution is -2.41. The Balaban J connectivity index is 0.000000281. The van der Waals surface area contributed by atoms with Gasteiger partial charge in [0.05, 0.1) is 82.6 Å². The molecule has 0 aliphatic carbocycles. The van der Waals surface area contributed by atoms with Gasteiger partial charge in [-0.25, -0.2) is 0 Å². The maximum absolute atomic E-state index is 12.8. The molecule has 0 atom stereocenters. The van der Waals surface area contributed by atoms with E-state index in [1.165, 1.54) is 66.8 Å². The minimum atomic E-state index is -0.0865. The maximum Gasteiger partial charge on any atom is 0.251 e. The van der Waals surface area contributed by atoms with Crippen LogP contribution in [0.4, 0.5) is 0 Å². The Morgan fingerprint density at radius 3 is 0.770 bits per heavy atom. The number of hydrogen-bond acceptors (Lipinski definition) is 4. The number of benzene rings is 8. The molecule has 0 saturated heterocycles. The molecule has 0 heterocycles. The highest BCUT2D eigenvalue weighted by Gasteiger charge is 2.21. The van der Waals surface area contributed by atoms with Crippen LogP contribution in [0.5, 0.6) is 0 Å². The van der Waals surface area contributed by atoms with E-state index in [0.717, 1.165) is 160 Å². The van der Waals surface area contributed by atoms with Crippen LogP contribution in [-0.4, -0.2) is 137 Å². The topological polar surface area (TPSA) is 92.3 Å². The molecular weight excluding hydrogens is 1230 g/mol. The van der Waals surface area contributed by atoms with Crippen molar-refractivity contribution in [3.8, 4) is 0 Å². The van der Waals surface area contributed by atoms with Gasteiger partial charge >= 0.3 is 0 Å². The van der Waals surface area contributed by atoms with Gasteiger partial charge in [0.25, 0.3) is 11.8 Å². The summed E-state index contributed by atoms with van der Waals surface area (Å²) in [6.07, 6.45) is 15.5. The van der Waals surface area contributed by atoms with Crippen molar-refractivity contribution in [2.24, 2.45) is 0 Å². The number of Topliss-reactive ketones (excluding diaryl/α,β-unsaturated/α-hetero) is 2. The number of unbranched alkanes of at least 4 members (excludes halogenated alkanes) is 2. The number of nitrogens with zero attached hydrogens (tertiary/aromatic N) is 4. The fraction of sp³-hybridized carbons (Fsp3) is 0.422. The number of quaternary nitrogens is 4. The van der Waals surface area contributed by atoms with Crippen molar-refractivity contribution in [3.05, 3.63) is 283 Å². The highest BCUT2D eigenvalue weighted by atomic mass is 16.2. The summed E-state index contributed by atoms with van der Waals surface area (Å²) in [5.41, 5.74) is 18.9. The lowest BCUT2D eigenvalue weighted by atomic mass is 10.0. The second-order valence-corrected chi connectivity index (χ2v) is 31.1. The molecule has 100 heavy (non-hydrogen) atoms. The summed E-state index contributed by atoms with van der Waals surface area (Å²) in [5.74, 6) is 0.114. The maximum atomic E-state index is 12.8. The molecule has 0 spiro atoms. The van der Waals surface area contributed by atoms with Crippen LogP contribution in [-0.2, 0) is 64.7 Å². The molecule has 8 aromatic rings. The highest BCUT2D eigenvalue weighted by molar-refractivity contribution is 5.99. The predicted molar refractivity (Wildman–Crippen MR) is 417 cm³/mol. The van der Waals surface area contributed by atoms with E-state index in [1.54, 1.807) is 48.5 Å². The van der Waals surface area contributed by atoms with E-state index < -0.39 is 0 Å². The number of ketones is 2. The van der Waals surface area contributed by atoms with Gasteiger partial charge < -0.3 is 28.6 Å². The number of carbonyl (C=O) groups is 4. The van der Waals surface area contributed by atoms with Crippen molar-refractivity contribution in [3.63, 3.8) is 0 Å². The summed E-state index contributed by atoms with van der Waals surface area (Å²) in [4.78, 5) is 51.3. The second kappa shape index (κ2) is 39.8. The predicted octanol–water partition coefficient (Wildman–Crippen LogP) is 17.5. The fourth-order valence-electron chi connectivity index (χ4n) is 13.4. The zero-order valence-electron chi connectivity index (χ0n) is 63.3. The van der Waals surface area contributed by atoms with Gasteiger partial charge in [-0.1, -0.05) is 195 Å². The molecule has 0 radical (unpaired) electrons. The summed E-state index contributed by atoms with van der Waals surface area (Å²) < 4.78 is 3.54. The summed E-state index contributed by atoms with van der Waals surface area (Å²) in [6, 6.07) is 68.1. The molecule has 2 N–H and O–H groups in total. The summed E-state index contributed by atoms with van der Waals surface area (Å²) in [7, 11) is 18.0. The van der Waals surface area contributed by atoms with Crippen molar-refractivity contribution in [1.29, 1.82) is 0 Å². The van der Waals surface area contributed by atoms with Crippen LogP contribution in [0, 0.1) is 13.8 Å². The lowest BCUT2D eigenvalue weighted by Gasteiger charge is -2.30. The molecule has 0 aliphatic heterocycles. The lowest BCUT2D eigenvalue weighted by molar-refractivity contribution is -0.903. The van der Waals surface area contributed by atoms with Crippen LogP contribution < -0.4 is 10.6 Å². The first kappa shape index (κ1) is 79.2. The van der Waals surface area contributed by atoms with Crippen LogP contribution >= 0.6 is 0 Å². The molecular formula is C90H122N6O4+4. The molecule has 532 valence electrons. The van der Waals surface area contributed by atoms with Gasteiger partial charge in [0.1, 0.15) is 26.2 Å². The zero-order valence-corrected chi connectivity index (χ0v) is 63.3. The normalized spacial score (nSPS) is 11.8. The van der Waals surface area contributed by atoms with Crippen molar-refractivity contribution in [2.75, 3.05) is 95.6 Å². The molecule has 2 amide bonds. The molecule has 0 aromatic heterocycles. The van der Waals surface area contributed by atoms with Gasteiger partial charge in [0, 0.05) is 83.3 Å². The van der Waals surface area contributed by atoms with Gasteiger partial charge in [-0.2, -0.15) is 0 Å². The molecule has 0 saturated carbocycles. The SMILES string of the molecule is CCc1ccc(C[N+](C)(C)CCCCC(=O)c2ccc(C(=O)NCCC[N+](C)(C)Cc3ccc(CCCc4ccc(C)cc4)cc3)cc2)cc1.CCc1ccc(C[N+](C)(C)CCCCC(=O)c2ccc(C(=O)NCCC[N+](C)(C)Cc3ccc(CCCc4ccc(C)cc4)cc3)cc2)cc1. The number of carbonyl (C=O) groups excluding carboxylic acids is 4. The third-order valence-corrected chi connectivity index (χ3v) is 19.7. The van der Waals surface area contributed by atoms with Crippen LogP contribution in [0.1, 0.15) is 186 Å². The highest BCUT2D eigenvalue weighted by Crippen LogP contribution is 2.21. The van der Waals surface area contributed by atoms with E-state index in [-0.39, 0.29) is 23.4 Å². The van der Waals surface area contributed by atoms with Gasteiger partial charge in [-0.3, -0.25) is 19.2 Å². The van der Waals surface area contributed by atoms with E-state index in [2.05, 4.69) is 240 Å². The van der Waals surface area contributed by atoms with Crippen molar-refractivity contribution >= 4 is 23.4 Å². The Hall–Kier alpha value is -8.12. The fourth-order valence-corrected chi connectivity index (χ4v) is 13.4. The Morgan fingerprint density at radius 1 is 0.270 bits per heavy atom. The van der Waals surface area contributed by atoms with Crippen LogP contribution in [0.3, 0.4) is 0 Å². The monoisotopic (exact) mass is 1350 g/mol. The van der Waals surface area contributed by atoms with Crippen molar-refractivity contribution in [2.45, 2.75) is 157 Å². The van der Waals surface area contributed by atoms with E-state index >= 15 is 0 Å². The third-order valence-electron chi connectivity index (χ3n) is 19.7. The molecule has 10 heteroatoms. The number of amides is 2. The van der Waals surface area contributed by atoms with Gasteiger partial charge in [-0.15, -0.1) is 0 Å². The third kappa shape index (κ3) is 29.2. The molecule has 0 bridgehead atoms. The van der Waals surface area contributed by atoms with Gasteiger partial charge in [-0.05, 0) is 149 Å². The number of rotatable bonds is 40. The van der Waals surface area contributed by atoms with Crippen molar-refractivity contribution < 1.29 is 37.1 Å². The first-order chi connectivity index (χ1) is 47.8. The number of nitrogens with one attached hydrogen (secondary N) is 2. The molecule has 0 aliphatic rings. The molecule has 10 nitrogen and oxygen atoms in total. The van der Waals surface area contributed by atoms with Crippen LogP contribution in [0.25, 0.3) is 0 Å². The first-order valence-corrected chi connectivity index (χ1v) is 37.4. The van der Waals surface area contributed by atoms with Crippen LogP contribution in [0.15, 0.2) is 194 Å². The first-order valence-electron chi connectivity index (χ1n) is 37.4. The largest absolute Gasteiger partial charge is 0.352 e. The van der Waals surface area contributed by atoms with Crippen molar-refractivity contribution in [1.82, 2.24) is 10.6 Å². The van der Waals surface area contributed by atoms with E-state index in [1.807, 2.05) is 0 Å². The minimum Gasteiger partial charge on any atom is -0.352 e.